The van der Waals surface area contributed by atoms with E-state index in [1.54, 1.807) is 0 Å². The van der Waals surface area contributed by atoms with Crippen LogP contribution < -0.4 is 0 Å². The number of allylic oxidation sites excluding steroid dienone is 1. The zero-order valence-electron chi connectivity index (χ0n) is 22.3. The summed E-state index contributed by atoms with van der Waals surface area (Å²) in [6.07, 6.45) is 7.19. The van der Waals surface area contributed by atoms with Gasteiger partial charge in [-0.25, -0.2) is 0 Å². The molecule has 5 rings (SSSR count). The van der Waals surface area contributed by atoms with Crippen LogP contribution in [-0.2, 0) is 0 Å². The third kappa shape index (κ3) is 2.80. The van der Waals surface area contributed by atoms with Gasteiger partial charge < -0.3 is 15.3 Å². The number of rotatable bonds is 1. The second-order valence-electron chi connectivity index (χ2n) is 14.9. The lowest BCUT2D eigenvalue weighted by Crippen LogP contribution is -2.70. The molecular weight excluding hydrogens is 408 g/mol. The zero-order chi connectivity index (χ0) is 24.4. The van der Waals surface area contributed by atoms with Gasteiger partial charge in [0.15, 0.2) is 0 Å². The molecule has 5 saturated carbocycles. The summed E-state index contributed by atoms with van der Waals surface area (Å²) in [6, 6.07) is 0. The molecule has 5 aliphatic carbocycles. The van der Waals surface area contributed by atoms with Crippen LogP contribution in [0.4, 0.5) is 0 Å². The molecule has 0 radical (unpaired) electrons. The van der Waals surface area contributed by atoms with Gasteiger partial charge >= 0.3 is 0 Å². The molecule has 0 aromatic rings. The highest BCUT2D eigenvalue weighted by Crippen LogP contribution is 2.77. The van der Waals surface area contributed by atoms with Gasteiger partial charge in [0, 0.05) is 0 Å². The Labute approximate surface area is 202 Å². The molecule has 0 amide bonds. The van der Waals surface area contributed by atoms with Crippen LogP contribution in [0.2, 0.25) is 0 Å². The SMILES string of the molecule is C=C(C)C1CC[C@@]2(C)C1C1CCC3[C@@]4(C)CC[C@H](O)C(C)(C)C4[C@H](O)C[C@@]3(C)[C@]1(C)C[C@@H]2O. The topological polar surface area (TPSA) is 60.7 Å². The van der Waals surface area contributed by atoms with E-state index < -0.39 is 6.10 Å². The maximum absolute atomic E-state index is 11.8. The zero-order valence-corrected chi connectivity index (χ0v) is 22.3. The van der Waals surface area contributed by atoms with Crippen LogP contribution in [0.25, 0.3) is 0 Å². The van der Waals surface area contributed by atoms with Crippen LogP contribution in [0, 0.1) is 56.7 Å². The van der Waals surface area contributed by atoms with Crippen molar-refractivity contribution in [1.82, 2.24) is 0 Å². The molecule has 3 nitrogen and oxygen atoms in total. The van der Waals surface area contributed by atoms with Crippen LogP contribution in [0.3, 0.4) is 0 Å². The van der Waals surface area contributed by atoms with Crippen LogP contribution in [0.1, 0.15) is 99.8 Å². The molecule has 0 bridgehead atoms. The standard InChI is InChI=1S/C30H50O3/c1-17(2)18-11-13-28(6)23(33)16-29(7)19(24(18)28)9-10-21-27(5)14-12-22(32)26(3,4)25(27)20(31)15-30(21,29)8/h18-25,31-33H,1,9-16H2,2-8H3/t18?,19?,20-,21?,22+,23+,24?,25?,27-,28-,29-,30-/m1/s1. The van der Waals surface area contributed by atoms with E-state index in [2.05, 4.69) is 55.0 Å². The second kappa shape index (κ2) is 7.10. The number of aliphatic hydroxyl groups excluding tert-OH is 3. The number of fused-ring (bicyclic) bond motifs is 7. The summed E-state index contributed by atoms with van der Waals surface area (Å²) < 4.78 is 0. The first-order valence-corrected chi connectivity index (χ1v) is 13.8. The molecule has 0 aliphatic heterocycles. The minimum absolute atomic E-state index is 0.00630. The first-order valence-electron chi connectivity index (χ1n) is 13.8. The lowest BCUT2D eigenvalue weighted by atomic mass is 9.31. The molecule has 0 heterocycles. The average Bonchev–Trinajstić information content (AvgIpc) is 3.05. The summed E-state index contributed by atoms with van der Waals surface area (Å²) in [5, 5.41) is 34.4. The Balaban J connectivity index is 1.60. The van der Waals surface area contributed by atoms with Gasteiger partial charge in [-0.15, -0.1) is 0 Å². The van der Waals surface area contributed by atoms with Crippen molar-refractivity contribution in [2.24, 2.45) is 56.7 Å². The summed E-state index contributed by atoms with van der Waals surface area (Å²) in [5.41, 5.74) is 1.04. The summed E-state index contributed by atoms with van der Waals surface area (Å²) in [7, 11) is 0. The van der Waals surface area contributed by atoms with E-state index in [9.17, 15) is 15.3 Å². The van der Waals surface area contributed by atoms with Crippen LogP contribution in [-0.4, -0.2) is 33.6 Å². The molecule has 5 fully saturated rings. The van der Waals surface area contributed by atoms with Gasteiger partial charge in [-0.1, -0.05) is 53.7 Å². The van der Waals surface area contributed by atoms with Crippen LogP contribution >= 0.6 is 0 Å². The maximum Gasteiger partial charge on any atom is 0.0602 e. The van der Waals surface area contributed by atoms with Crippen LogP contribution in [0.5, 0.6) is 0 Å². The molecule has 33 heavy (non-hydrogen) atoms. The Morgan fingerprint density at radius 1 is 0.758 bits per heavy atom. The quantitative estimate of drug-likeness (QED) is 0.425. The Hall–Kier alpha value is -0.380. The molecule has 3 N–H and O–H groups in total. The van der Waals surface area contributed by atoms with Crippen molar-refractivity contribution in [3.05, 3.63) is 12.2 Å². The predicted octanol–water partition coefficient (Wildman–Crippen LogP) is 5.97. The summed E-state index contributed by atoms with van der Waals surface area (Å²) >= 11 is 0. The van der Waals surface area contributed by atoms with E-state index in [1.807, 2.05) is 0 Å². The summed E-state index contributed by atoms with van der Waals surface area (Å²) in [6.45, 7) is 20.7. The molecule has 5 unspecified atom stereocenters. The van der Waals surface area contributed by atoms with Crippen molar-refractivity contribution in [2.75, 3.05) is 0 Å². The van der Waals surface area contributed by atoms with Gasteiger partial charge in [0.25, 0.3) is 0 Å². The molecule has 12 atom stereocenters. The third-order valence-corrected chi connectivity index (χ3v) is 13.4. The monoisotopic (exact) mass is 458 g/mol. The Kier molecular flexibility index (Phi) is 5.23. The van der Waals surface area contributed by atoms with Gasteiger partial charge in [0.2, 0.25) is 0 Å². The van der Waals surface area contributed by atoms with E-state index in [0.29, 0.717) is 23.7 Å². The Morgan fingerprint density at radius 3 is 2.03 bits per heavy atom. The lowest BCUT2D eigenvalue weighted by Gasteiger charge is -2.74. The largest absolute Gasteiger partial charge is 0.393 e. The number of hydrogen-bond acceptors (Lipinski definition) is 3. The third-order valence-electron chi connectivity index (χ3n) is 13.4. The molecule has 0 aromatic heterocycles. The first-order chi connectivity index (χ1) is 15.1. The Bertz CT molecular complexity index is 834. The van der Waals surface area contributed by atoms with Crippen molar-refractivity contribution in [3.63, 3.8) is 0 Å². The normalized spacial score (nSPS) is 59.7. The van der Waals surface area contributed by atoms with Crippen molar-refractivity contribution < 1.29 is 15.3 Å². The van der Waals surface area contributed by atoms with Crippen molar-refractivity contribution in [3.8, 4) is 0 Å². The van der Waals surface area contributed by atoms with Gasteiger partial charge in [0.05, 0.1) is 18.3 Å². The minimum atomic E-state index is -0.400. The molecular formula is C30H50O3. The van der Waals surface area contributed by atoms with Gasteiger partial charge in [-0.3, -0.25) is 0 Å². The van der Waals surface area contributed by atoms with Gasteiger partial charge in [-0.05, 0) is 115 Å². The fourth-order valence-corrected chi connectivity index (χ4v) is 11.7. The maximum atomic E-state index is 11.8. The highest BCUT2D eigenvalue weighted by atomic mass is 16.3. The summed E-state index contributed by atoms with van der Waals surface area (Å²) in [4.78, 5) is 0. The fourth-order valence-electron chi connectivity index (χ4n) is 11.7. The minimum Gasteiger partial charge on any atom is -0.393 e. The highest BCUT2D eigenvalue weighted by molar-refractivity contribution is 5.23. The smallest absolute Gasteiger partial charge is 0.0602 e. The second-order valence-corrected chi connectivity index (χ2v) is 14.9. The lowest BCUT2D eigenvalue weighted by molar-refractivity contribution is -0.284. The number of aliphatic hydroxyl groups is 3. The number of hydrogen-bond donors (Lipinski definition) is 3. The van der Waals surface area contributed by atoms with Gasteiger partial charge in [-0.2, -0.15) is 0 Å². The summed E-state index contributed by atoms with van der Waals surface area (Å²) in [5.74, 6) is 2.22. The molecule has 0 saturated heterocycles. The predicted molar refractivity (Wildman–Crippen MR) is 133 cm³/mol. The van der Waals surface area contributed by atoms with Crippen molar-refractivity contribution >= 4 is 0 Å². The average molecular weight is 459 g/mol. The van der Waals surface area contributed by atoms with E-state index >= 15 is 0 Å². The Morgan fingerprint density at radius 2 is 1.39 bits per heavy atom. The van der Waals surface area contributed by atoms with E-state index in [-0.39, 0.29) is 45.2 Å². The highest BCUT2D eigenvalue weighted by Gasteiger charge is 2.73. The van der Waals surface area contributed by atoms with E-state index in [0.717, 1.165) is 38.5 Å². The van der Waals surface area contributed by atoms with Crippen molar-refractivity contribution in [2.45, 2.75) is 118 Å². The van der Waals surface area contributed by atoms with Gasteiger partial charge in [0.1, 0.15) is 0 Å². The molecule has 0 aromatic carbocycles. The molecule has 0 spiro atoms. The molecule has 3 heteroatoms. The van der Waals surface area contributed by atoms with Crippen molar-refractivity contribution in [1.29, 1.82) is 0 Å². The van der Waals surface area contributed by atoms with E-state index in [4.69, 9.17) is 0 Å². The molecule has 5 aliphatic rings. The molecule has 188 valence electrons. The fraction of sp³-hybridized carbons (Fsp3) is 0.933. The van der Waals surface area contributed by atoms with Crippen LogP contribution in [0.15, 0.2) is 12.2 Å². The van der Waals surface area contributed by atoms with E-state index in [1.165, 1.54) is 18.4 Å². The first kappa shape index (κ1) is 24.3.